The van der Waals surface area contributed by atoms with Crippen molar-refractivity contribution in [2.75, 3.05) is 5.73 Å². The lowest BCUT2D eigenvalue weighted by Crippen LogP contribution is -2.10. The van der Waals surface area contributed by atoms with Gasteiger partial charge in [-0.1, -0.05) is 0 Å². The molecule has 3 aromatic rings. The van der Waals surface area contributed by atoms with Crippen molar-refractivity contribution in [1.29, 1.82) is 0 Å². The van der Waals surface area contributed by atoms with E-state index in [1.165, 1.54) is 0 Å². The second kappa shape index (κ2) is 4.57. The van der Waals surface area contributed by atoms with Crippen LogP contribution in [0.15, 0.2) is 22.1 Å². The van der Waals surface area contributed by atoms with Crippen molar-refractivity contribution in [2.24, 2.45) is 0 Å². The van der Waals surface area contributed by atoms with E-state index in [1.807, 2.05) is 22.9 Å². The van der Waals surface area contributed by atoms with E-state index < -0.39 is 0 Å². The Morgan fingerprint density at radius 3 is 2.89 bits per heavy atom. The van der Waals surface area contributed by atoms with E-state index in [9.17, 15) is 0 Å². The Morgan fingerprint density at radius 1 is 1.42 bits per heavy atom. The van der Waals surface area contributed by atoms with E-state index in [-0.39, 0.29) is 6.04 Å². The van der Waals surface area contributed by atoms with E-state index in [2.05, 4.69) is 37.8 Å². The number of aromatic nitrogens is 4. The van der Waals surface area contributed by atoms with Gasteiger partial charge in [-0.25, -0.2) is 15.0 Å². The zero-order valence-electron chi connectivity index (χ0n) is 10.5. The van der Waals surface area contributed by atoms with Crippen LogP contribution in [0.5, 0.6) is 0 Å². The number of pyridine rings is 1. The Morgan fingerprint density at radius 2 is 2.21 bits per heavy atom. The summed E-state index contributed by atoms with van der Waals surface area (Å²) < 4.78 is 2.81. The van der Waals surface area contributed by atoms with Crippen molar-refractivity contribution >= 4 is 44.4 Å². The first-order valence-electron chi connectivity index (χ1n) is 5.77. The molecule has 5 nitrogen and oxygen atoms in total. The summed E-state index contributed by atoms with van der Waals surface area (Å²) in [7, 11) is 0. The summed E-state index contributed by atoms with van der Waals surface area (Å²) in [4.78, 5) is 13.3. The van der Waals surface area contributed by atoms with Crippen LogP contribution in [-0.2, 0) is 0 Å². The van der Waals surface area contributed by atoms with E-state index in [0.29, 0.717) is 5.95 Å². The van der Waals surface area contributed by atoms with Gasteiger partial charge in [0.2, 0.25) is 5.95 Å². The molecule has 98 valence electrons. The van der Waals surface area contributed by atoms with Crippen LogP contribution >= 0.6 is 27.3 Å². The fraction of sp³-hybridized carbons (Fsp3) is 0.250. The largest absolute Gasteiger partial charge is 0.369 e. The lowest BCUT2D eigenvalue weighted by molar-refractivity contribution is 0.656. The Balaban J connectivity index is 2.16. The molecule has 0 fully saturated rings. The summed E-state index contributed by atoms with van der Waals surface area (Å²) in [5.74, 6) is 0.459. The third-order valence-electron chi connectivity index (χ3n) is 2.91. The highest BCUT2D eigenvalue weighted by Crippen LogP contribution is 2.28. The minimum Gasteiger partial charge on any atom is -0.369 e. The van der Waals surface area contributed by atoms with Gasteiger partial charge in [-0.15, -0.1) is 11.3 Å². The van der Waals surface area contributed by atoms with Gasteiger partial charge < -0.3 is 5.73 Å². The maximum atomic E-state index is 6.02. The van der Waals surface area contributed by atoms with Crippen LogP contribution in [0.1, 0.15) is 23.7 Å². The number of anilines is 1. The van der Waals surface area contributed by atoms with Crippen molar-refractivity contribution in [3.63, 3.8) is 0 Å². The van der Waals surface area contributed by atoms with Crippen molar-refractivity contribution < 1.29 is 0 Å². The van der Waals surface area contributed by atoms with Crippen molar-refractivity contribution in [3.8, 4) is 0 Å². The summed E-state index contributed by atoms with van der Waals surface area (Å²) in [5.41, 5.74) is 8.60. The standard InChI is InChI=1S/C12H12BrN5S/c1-6-5-19-11(16-6)7(2)18-10-9(17-12(18)14)3-8(13)4-15-10/h3-5,7H,1-2H3,(H2,14,17). The minimum atomic E-state index is 0.0253. The molecule has 19 heavy (non-hydrogen) atoms. The number of nitrogens with zero attached hydrogens (tertiary/aromatic N) is 4. The third kappa shape index (κ3) is 2.12. The van der Waals surface area contributed by atoms with Crippen LogP contribution < -0.4 is 5.73 Å². The maximum absolute atomic E-state index is 6.02. The number of thiazole rings is 1. The molecule has 3 rings (SSSR count). The topological polar surface area (TPSA) is 69.6 Å². The summed E-state index contributed by atoms with van der Waals surface area (Å²) in [6.07, 6.45) is 1.75. The predicted octanol–water partition coefficient (Wildman–Crippen LogP) is 3.15. The average Bonchev–Trinajstić information content (AvgIpc) is 2.91. The quantitative estimate of drug-likeness (QED) is 0.779. The normalized spacial score (nSPS) is 13.0. The first-order chi connectivity index (χ1) is 9.06. The molecule has 0 saturated heterocycles. The maximum Gasteiger partial charge on any atom is 0.203 e. The highest BCUT2D eigenvalue weighted by atomic mass is 79.9. The van der Waals surface area contributed by atoms with E-state index in [4.69, 9.17) is 5.73 Å². The average molecular weight is 338 g/mol. The Labute approximate surface area is 122 Å². The second-order valence-electron chi connectivity index (χ2n) is 4.34. The summed E-state index contributed by atoms with van der Waals surface area (Å²) in [6, 6.07) is 1.94. The monoisotopic (exact) mass is 337 g/mol. The van der Waals surface area contributed by atoms with Gasteiger partial charge in [-0.3, -0.25) is 4.57 Å². The van der Waals surface area contributed by atoms with Crippen LogP contribution in [0.4, 0.5) is 5.95 Å². The zero-order chi connectivity index (χ0) is 13.6. The summed E-state index contributed by atoms with van der Waals surface area (Å²) >= 11 is 5.01. The number of fused-ring (bicyclic) bond motifs is 1. The minimum absolute atomic E-state index is 0.0253. The Kier molecular flexibility index (Phi) is 3.02. The molecular weight excluding hydrogens is 326 g/mol. The van der Waals surface area contributed by atoms with Gasteiger partial charge in [0.15, 0.2) is 5.65 Å². The molecular formula is C12H12BrN5S. The van der Waals surface area contributed by atoms with Gasteiger partial charge in [-0.05, 0) is 35.8 Å². The van der Waals surface area contributed by atoms with Gasteiger partial charge >= 0.3 is 0 Å². The van der Waals surface area contributed by atoms with Crippen LogP contribution in [0.2, 0.25) is 0 Å². The summed E-state index contributed by atoms with van der Waals surface area (Å²) in [5, 5.41) is 3.04. The Bertz CT molecular complexity index is 748. The zero-order valence-corrected chi connectivity index (χ0v) is 12.9. The first-order valence-corrected chi connectivity index (χ1v) is 7.44. The molecule has 7 heteroatoms. The van der Waals surface area contributed by atoms with Crippen molar-refractivity contribution in [3.05, 3.63) is 32.8 Å². The highest BCUT2D eigenvalue weighted by Gasteiger charge is 2.19. The molecule has 1 unspecified atom stereocenters. The number of imidazole rings is 1. The number of halogens is 1. The molecule has 0 radical (unpaired) electrons. The molecule has 3 aromatic heterocycles. The van der Waals surface area contributed by atoms with Crippen LogP contribution in [-0.4, -0.2) is 19.5 Å². The van der Waals surface area contributed by atoms with Gasteiger partial charge in [0.25, 0.3) is 0 Å². The number of nitrogens with two attached hydrogens (primary N) is 1. The van der Waals surface area contributed by atoms with Gasteiger partial charge in [0.05, 0.1) is 6.04 Å². The number of aryl methyl sites for hydroxylation is 1. The Hall–Kier alpha value is -1.47. The van der Waals surface area contributed by atoms with E-state index >= 15 is 0 Å². The number of rotatable bonds is 2. The molecule has 0 spiro atoms. The highest BCUT2D eigenvalue weighted by molar-refractivity contribution is 9.10. The molecule has 0 saturated carbocycles. The first kappa shape index (κ1) is 12.6. The molecule has 0 amide bonds. The smallest absolute Gasteiger partial charge is 0.203 e. The fourth-order valence-electron chi connectivity index (χ4n) is 2.03. The molecule has 1 atom stereocenters. The SMILES string of the molecule is Cc1csc(C(C)n2c(N)nc3cc(Br)cnc32)n1. The lowest BCUT2D eigenvalue weighted by atomic mass is 10.3. The number of nitrogen functional groups attached to an aromatic ring is 1. The fourth-order valence-corrected chi connectivity index (χ4v) is 3.19. The van der Waals surface area contributed by atoms with Crippen LogP contribution in [0.3, 0.4) is 0 Å². The van der Waals surface area contributed by atoms with Crippen LogP contribution in [0.25, 0.3) is 11.2 Å². The van der Waals surface area contributed by atoms with Gasteiger partial charge in [0, 0.05) is 21.7 Å². The van der Waals surface area contributed by atoms with Gasteiger partial charge in [-0.2, -0.15) is 0 Å². The van der Waals surface area contributed by atoms with E-state index in [0.717, 1.165) is 26.3 Å². The van der Waals surface area contributed by atoms with Gasteiger partial charge in [0.1, 0.15) is 10.5 Å². The van der Waals surface area contributed by atoms with E-state index in [1.54, 1.807) is 17.5 Å². The molecule has 0 aliphatic carbocycles. The molecule has 0 aliphatic heterocycles. The molecule has 3 heterocycles. The predicted molar refractivity (Wildman–Crippen MR) is 80.3 cm³/mol. The summed E-state index contributed by atoms with van der Waals surface area (Å²) in [6.45, 7) is 4.04. The lowest BCUT2D eigenvalue weighted by Gasteiger charge is -2.12. The number of hydrogen-bond acceptors (Lipinski definition) is 5. The third-order valence-corrected chi connectivity index (χ3v) is 4.47. The molecule has 0 aliphatic rings. The van der Waals surface area contributed by atoms with Crippen molar-refractivity contribution in [1.82, 2.24) is 19.5 Å². The van der Waals surface area contributed by atoms with Crippen LogP contribution in [0, 0.1) is 6.92 Å². The molecule has 0 bridgehead atoms. The molecule has 0 aromatic carbocycles. The molecule has 2 N–H and O–H groups in total. The number of hydrogen-bond donors (Lipinski definition) is 1. The second-order valence-corrected chi connectivity index (χ2v) is 6.14. The van der Waals surface area contributed by atoms with Crippen molar-refractivity contribution in [2.45, 2.75) is 19.9 Å².